The Hall–Kier alpha value is -3.30. The van der Waals surface area contributed by atoms with Crippen molar-refractivity contribution in [2.75, 3.05) is 20.3 Å². The number of aromatic nitrogens is 2. The highest BCUT2D eigenvalue weighted by atomic mass is 19.1. The molecule has 2 fully saturated rings. The molecule has 0 spiro atoms. The third-order valence-corrected chi connectivity index (χ3v) is 9.50. The summed E-state index contributed by atoms with van der Waals surface area (Å²) < 4.78 is 32.3. The van der Waals surface area contributed by atoms with Crippen LogP contribution in [0.4, 0.5) is 4.39 Å². The minimum atomic E-state index is -1.03. The molecule has 1 aromatic heterocycles. The first-order valence-corrected chi connectivity index (χ1v) is 15.7. The largest absolute Gasteiger partial charge is 0.497 e. The minimum absolute atomic E-state index is 0.000418. The predicted molar refractivity (Wildman–Crippen MR) is 158 cm³/mol. The van der Waals surface area contributed by atoms with Crippen LogP contribution in [0.1, 0.15) is 77.8 Å². The molecule has 3 heterocycles. The van der Waals surface area contributed by atoms with E-state index in [1.54, 1.807) is 13.2 Å². The lowest BCUT2D eigenvalue weighted by atomic mass is 9.77. The second kappa shape index (κ2) is 13.1. The molecular weight excluding hydrogens is 553 g/mol. The lowest BCUT2D eigenvalue weighted by molar-refractivity contribution is -0.157. The zero-order chi connectivity index (χ0) is 30.7. The molecule has 43 heavy (non-hydrogen) atoms. The molecular formula is C33H44FN3O6. The van der Waals surface area contributed by atoms with Gasteiger partial charge in [-0.25, -0.2) is 9.97 Å². The Morgan fingerprint density at radius 1 is 1.02 bits per heavy atom. The highest BCUT2D eigenvalue weighted by Crippen LogP contribution is 2.38. The van der Waals surface area contributed by atoms with Gasteiger partial charge in [-0.3, -0.25) is 14.0 Å². The van der Waals surface area contributed by atoms with Crippen molar-refractivity contribution in [1.29, 1.82) is 0 Å². The fourth-order valence-corrected chi connectivity index (χ4v) is 6.92. The number of aldehydes is 1. The lowest BCUT2D eigenvalue weighted by Crippen LogP contribution is -2.46. The van der Waals surface area contributed by atoms with Crippen molar-refractivity contribution in [2.45, 2.75) is 96.8 Å². The van der Waals surface area contributed by atoms with Crippen molar-refractivity contribution < 1.29 is 33.0 Å². The predicted octanol–water partition coefficient (Wildman–Crippen LogP) is 5.26. The Balaban J connectivity index is 1.52. The number of aryl methyl sites for hydroxylation is 1. The van der Waals surface area contributed by atoms with Crippen LogP contribution in [0, 0.1) is 23.2 Å². The summed E-state index contributed by atoms with van der Waals surface area (Å²) in [6.45, 7) is 4.83. The molecule has 0 unspecified atom stereocenters. The van der Waals surface area contributed by atoms with Crippen LogP contribution in [-0.4, -0.2) is 71.6 Å². The number of benzene rings is 1. The minimum Gasteiger partial charge on any atom is -0.497 e. The maximum Gasteiger partial charge on any atom is 0.306 e. The van der Waals surface area contributed by atoms with E-state index in [0.717, 1.165) is 44.9 Å². The van der Waals surface area contributed by atoms with Crippen LogP contribution in [0.25, 0.3) is 11.0 Å². The van der Waals surface area contributed by atoms with E-state index in [0.29, 0.717) is 41.1 Å². The highest BCUT2D eigenvalue weighted by molar-refractivity contribution is 5.87. The van der Waals surface area contributed by atoms with Gasteiger partial charge in [-0.1, -0.05) is 33.6 Å². The van der Waals surface area contributed by atoms with E-state index in [4.69, 9.17) is 24.2 Å². The molecule has 9 nitrogen and oxygen atoms in total. The van der Waals surface area contributed by atoms with Crippen LogP contribution < -0.4 is 9.47 Å². The zero-order valence-corrected chi connectivity index (χ0v) is 25.7. The fraction of sp³-hybridized carbons (Fsp3) is 0.667. The maximum atomic E-state index is 14.6. The van der Waals surface area contributed by atoms with E-state index in [-0.39, 0.29) is 30.9 Å². The molecule has 234 valence electrons. The molecule has 5 rings (SSSR count). The number of hydrogen-bond donors (Lipinski definition) is 0. The quantitative estimate of drug-likeness (QED) is 0.348. The Morgan fingerprint density at radius 2 is 1.81 bits per heavy atom. The van der Waals surface area contributed by atoms with Gasteiger partial charge in [-0.15, -0.1) is 0 Å². The number of carbonyl (C=O) groups excluding carboxylic acids is 3. The highest BCUT2D eigenvalue weighted by Gasteiger charge is 2.49. The summed E-state index contributed by atoms with van der Waals surface area (Å²) in [5.41, 5.74) is 1.35. The molecule has 1 saturated carbocycles. The van der Waals surface area contributed by atoms with E-state index in [1.165, 1.54) is 4.90 Å². The summed E-state index contributed by atoms with van der Waals surface area (Å²) in [6, 6.07) is 4.43. The summed E-state index contributed by atoms with van der Waals surface area (Å²) >= 11 is 0. The molecule has 1 saturated heterocycles. The number of alkyl halides is 1. The third-order valence-electron chi connectivity index (χ3n) is 9.50. The second-order valence-electron chi connectivity index (χ2n) is 13.4. The number of ether oxygens (including phenoxy) is 3. The van der Waals surface area contributed by atoms with Crippen molar-refractivity contribution in [1.82, 2.24) is 14.9 Å². The van der Waals surface area contributed by atoms with Gasteiger partial charge in [0.1, 0.15) is 29.9 Å². The molecule has 1 aliphatic carbocycles. The van der Waals surface area contributed by atoms with Crippen LogP contribution in [-0.2, 0) is 25.5 Å². The van der Waals surface area contributed by atoms with Gasteiger partial charge in [-0.2, -0.15) is 0 Å². The molecule has 10 heteroatoms. The van der Waals surface area contributed by atoms with Crippen molar-refractivity contribution in [3.8, 4) is 11.6 Å². The fourth-order valence-electron chi connectivity index (χ4n) is 6.92. The smallest absolute Gasteiger partial charge is 0.306 e. The van der Waals surface area contributed by atoms with Gasteiger partial charge in [0.15, 0.2) is 0 Å². The van der Waals surface area contributed by atoms with E-state index < -0.39 is 42.0 Å². The molecule has 2 aromatic rings. The summed E-state index contributed by atoms with van der Waals surface area (Å²) in [6.07, 6.45) is 6.86. The average Bonchev–Trinajstić information content (AvgIpc) is 3.57. The Morgan fingerprint density at radius 3 is 2.53 bits per heavy atom. The van der Waals surface area contributed by atoms with Crippen molar-refractivity contribution in [3.63, 3.8) is 0 Å². The van der Waals surface area contributed by atoms with Crippen LogP contribution in [0.5, 0.6) is 11.6 Å². The number of nitrogens with zero attached hydrogens (tertiary/aromatic N) is 3. The standard InChI is InChI=1S/C33H44FN3O6/c1-33(2,3)23-16-30(39)42-28-12-8-10-20(28)9-6-5-7-11-25-31(36-26-15-21(41-4)13-14-24(26)35-25)43-29-18-37(32(23)40)27(19-38)22(29)17-34/h13-15,19-20,22-23,27-29H,5-12,16-18H2,1-4H3/t20-,22+,23-,27-,28-,29+/m1/s1. The zero-order valence-electron chi connectivity index (χ0n) is 25.7. The lowest BCUT2D eigenvalue weighted by Gasteiger charge is -2.34. The molecule has 2 aliphatic heterocycles. The number of methoxy groups -OCH3 is 1. The SMILES string of the molecule is COc1ccc2nc3c(nc2c1)O[C@H]1CN(C(=O)[C@H](C(C)(C)C)CC(=O)O[C@@H]2CCC[C@H]2CCCCC3)[C@H](C=O)[C@@H]1CF. The van der Waals surface area contributed by atoms with Gasteiger partial charge >= 0.3 is 5.97 Å². The van der Waals surface area contributed by atoms with E-state index in [9.17, 15) is 18.8 Å². The number of esters is 1. The molecule has 0 N–H and O–H groups in total. The summed E-state index contributed by atoms with van der Waals surface area (Å²) in [4.78, 5) is 50.7. The topological polar surface area (TPSA) is 108 Å². The molecule has 6 atom stereocenters. The van der Waals surface area contributed by atoms with Crippen LogP contribution >= 0.6 is 0 Å². The number of fused-ring (bicyclic) bond motifs is 5. The van der Waals surface area contributed by atoms with Crippen LogP contribution in [0.15, 0.2) is 18.2 Å². The van der Waals surface area contributed by atoms with Gasteiger partial charge in [0, 0.05) is 6.07 Å². The first-order valence-electron chi connectivity index (χ1n) is 15.7. The summed E-state index contributed by atoms with van der Waals surface area (Å²) in [7, 11) is 1.58. The van der Waals surface area contributed by atoms with Gasteiger partial charge in [0.05, 0.1) is 55.7 Å². The number of rotatable bonds is 3. The summed E-state index contributed by atoms with van der Waals surface area (Å²) in [5, 5.41) is 0. The van der Waals surface area contributed by atoms with Crippen LogP contribution in [0.3, 0.4) is 0 Å². The van der Waals surface area contributed by atoms with E-state index in [2.05, 4.69) is 0 Å². The molecule has 1 aromatic carbocycles. The maximum absolute atomic E-state index is 14.6. The first kappa shape index (κ1) is 31.1. The number of halogens is 1. The van der Waals surface area contributed by atoms with E-state index >= 15 is 0 Å². The van der Waals surface area contributed by atoms with Crippen molar-refractivity contribution in [3.05, 3.63) is 23.9 Å². The average molecular weight is 598 g/mol. The number of amides is 1. The third kappa shape index (κ3) is 6.78. The van der Waals surface area contributed by atoms with Crippen molar-refractivity contribution in [2.24, 2.45) is 23.2 Å². The molecule has 1 amide bonds. The Bertz CT molecular complexity index is 1330. The van der Waals surface area contributed by atoms with Gasteiger partial charge in [0.2, 0.25) is 11.8 Å². The first-order chi connectivity index (χ1) is 20.6. The van der Waals surface area contributed by atoms with E-state index in [1.807, 2.05) is 32.9 Å². The Kier molecular flexibility index (Phi) is 9.51. The molecule has 3 aliphatic rings. The summed E-state index contributed by atoms with van der Waals surface area (Å²) in [5.74, 6) is -1.17. The van der Waals surface area contributed by atoms with Crippen molar-refractivity contribution >= 4 is 29.2 Å². The molecule has 0 radical (unpaired) electrons. The van der Waals surface area contributed by atoms with Gasteiger partial charge in [-0.05, 0) is 62.0 Å². The van der Waals surface area contributed by atoms with Gasteiger partial charge in [0.25, 0.3) is 0 Å². The number of hydrogen-bond acceptors (Lipinski definition) is 8. The normalized spacial score (nSPS) is 29.2. The second-order valence-corrected chi connectivity index (χ2v) is 13.4. The Labute approximate surface area is 252 Å². The number of carbonyl (C=O) groups is 3. The van der Waals surface area contributed by atoms with Gasteiger partial charge < -0.3 is 23.9 Å². The molecule has 2 bridgehead atoms. The van der Waals surface area contributed by atoms with Crippen LogP contribution in [0.2, 0.25) is 0 Å². The monoisotopic (exact) mass is 597 g/mol.